The number of carbonyl (C=O) groups is 1. The Morgan fingerprint density at radius 2 is 1.90 bits per heavy atom. The lowest BCUT2D eigenvalue weighted by Crippen LogP contribution is -2.53. The summed E-state index contributed by atoms with van der Waals surface area (Å²) in [6.45, 7) is 3.55. The summed E-state index contributed by atoms with van der Waals surface area (Å²) in [5.74, 6) is 1.93. The molecule has 3 heterocycles. The number of amides is 1. The van der Waals surface area contributed by atoms with Crippen LogP contribution in [0.15, 0.2) is 42.9 Å². The van der Waals surface area contributed by atoms with Crippen LogP contribution < -0.4 is 4.90 Å². The van der Waals surface area contributed by atoms with Crippen molar-refractivity contribution in [2.75, 3.05) is 24.5 Å². The third-order valence-corrected chi connectivity index (χ3v) is 7.33. The van der Waals surface area contributed by atoms with Gasteiger partial charge in [0.15, 0.2) is 0 Å². The lowest BCUT2D eigenvalue weighted by Gasteiger charge is -2.49. The van der Waals surface area contributed by atoms with Gasteiger partial charge in [-0.2, -0.15) is 0 Å². The van der Waals surface area contributed by atoms with Crippen molar-refractivity contribution in [1.82, 2.24) is 14.9 Å². The van der Waals surface area contributed by atoms with Crippen LogP contribution >= 0.6 is 0 Å². The Bertz CT molecular complexity index is 854. The number of fused-ring (bicyclic) bond motifs is 2. The Morgan fingerprint density at radius 1 is 1.10 bits per heavy atom. The van der Waals surface area contributed by atoms with Crippen LogP contribution in [0.1, 0.15) is 56.1 Å². The number of benzene rings is 1. The highest BCUT2D eigenvalue weighted by Gasteiger charge is 2.43. The fraction of sp³-hybridized carbons (Fsp3) is 0.542. The first-order valence-corrected chi connectivity index (χ1v) is 11.1. The van der Waals surface area contributed by atoms with Crippen LogP contribution in [0, 0.1) is 5.92 Å². The molecule has 0 atom stereocenters. The predicted molar refractivity (Wildman–Crippen MR) is 114 cm³/mol. The summed E-state index contributed by atoms with van der Waals surface area (Å²) in [5, 5.41) is 0. The van der Waals surface area contributed by atoms with Crippen molar-refractivity contribution in [3.05, 3.63) is 54.0 Å². The van der Waals surface area contributed by atoms with E-state index in [-0.39, 0.29) is 5.41 Å². The summed E-state index contributed by atoms with van der Waals surface area (Å²) >= 11 is 0. The largest absolute Gasteiger partial charge is 0.355 e. The number of nitrogens with zero attached hydrogens (tertiary/aromatic N) is 4. The summed E-state index contributed by atoms with van der Waals surface area (Å²) < 4.78 is 0. The van der Waals surface area contributed by atoms with Crippen molar-refractivity contribution in [1.29, 1.82) is 0 Å². The van der Waals surface area contributed by atoms with Gasteiger partial charge < -0.3 is 9.80 Å². The van der Waals surface area contributed by atoms with E-state index in [2.05, 4.69) is 44.0 Å². The lowest BCUT2D eigenvalue weighted by molar-refractivity contribution is -0.134. The molecule has 3 aliphatic rings. The number of carbonyl (C=O) groups excluding carboxylic acids is 1. The van der Waals surface area contributed by atoms with Gasteiger partial charge in [-0.3, -0.25) is 9.78 Å². The van der Waals surface area contributed by atoms with E-state index >= 15 is 0 Å². The minimum absolute atomic E-state index is 0.0683. The first-order chi connectivity index (χ1) is 14.2. The molecule has 2 fully saturated rings. The van der Waals surface area contributed by atoms with Crippen molar-refractivity contribution in [2.45, 2.75) is 56.9 Å². The molecule has 0 bridgehead atoms. The molecule has 1 saturated heterocycles. The maximum atomic E-state index is 13.2. The fourth-order valence-corrected chi connectivity index (χ4v) is 5.70. The van der Waals surface area contributed by atoms with Crippen LogP contribution in [-0.4, -0.2) is 40.4 Å². The quantitative estimate of drug-likeness (QED) is 0.797. The molecule has 0 radical (unpaired) electrons. The van der Waals surface area contributed by atoms with Gasteiger partial charge in [-0.15, -0.1) is 0 Å². The van der Waals surface area contributed by atoms with E-state index in [4.69, 9.17) is 0 Å². The van der Waals surface area contributed by atoms with Crippen molar-refractivity contribution in [3.63, 3.8) is 0 Å². The molecular weight excluding hydrogens is 360 g/mol. The van der Waals surface area contributed by atoms with Gasteiger partial charge in [-0.1, -0.05) is 37.1 Å². The molecular formula is C24H30N4O. The van der Waals surface area contributed by atoms with Gasteiger partial charge in [-0.25, -0.2) is 4.98 Å². The summed E-state index contributed by atoms with van der Waals surface area (Å²) in [7, 11) is 0. The monoisotopic (exact) mass is 390 g/mol. The molecule has 5 heteroatoms. The van der Waals surface area contributed by atoms with Crippen molar-refractivity contribution >= 4 is 11.7 Å². The van der Waals surface area contributed by atoms with E-state index in [1.165, 1.54) is 36.8 Å². The predicted octanol–water partition coefficient (Wildman–Crippen LogP) is 3.94. The minimum atomic E-state index is 0.0683. The third-order valence-electron chi connectivity index (χ3n) is 7.33. The highest BCUT2D eigenvalue weighted by atomic mass is 16.2. The zero-order valence-corrected chi connectivity index (χ0v) is 17.1. The average molecular weight is 391 g/mol. The van der Waals surface area contributed by atoms with Gasteiger partial charge in [0.05, 0.1) is 6.20 Å². The number of rotatable bonds is 3. The standard InChI is InChI=1S/C24H30N4O/c29-23(15-19-5-1-2-6-19)28-17-20-7-3-4-8-21(20)24(18-28)9-13-27(14-10-24)22-16-25-11-12-26-22/h3-4,7-8,11-12,16,19H,1-2,5-6,9-10,13-15,17-18H2. The summed E-state index contributed by atoms with van der Waals surface area (Å²) in [5.41, 5.74) is 2.87. The SMILES string of the molecule is O=C(CC1CCCC1)N1Cc2ccccc2C2(CCN(c3cnccn3)CC2)C1. The molecule has 1 amide bonds. The van der Waals surface area contributed by atoms with Crippen LogP contribution in [0.5, 0.6) is 0 Å². The van der Waals surface area contributed by atoms with Crippen molar-refractivity contribution in [3.8, 4) is 0 Å². The number of aromatic nitrogens is 2. The van der Waals surface area contributed by atoms with Crippen LogP contribution in [-0.2, 0) is 16.8 Å². The van der Waals surface area contributed by atoms with Crippen LogP contribution in [0.4, 0.5) is 5.82 Å². The number of hydrogen-bond acceptors (Lipinski definition) is 4. The Kier molecular flexibility index (Phi) is 4.98. The molecule has 5 rings (SSSR count). The second-order valence-corrected chi connectivity index (χ2v) is 9.09. The van der Waals surface area contributed by atoms with E-state index < -0.39 is 0 Å². The van der Waals surface area contributed by atoms with Gasteiger partial charge in [-0.05, 0) is 42.7 Å². The molecule has 0 unspecified atom stereocenters. The van der Waals surface area contributed by atoms with Crippen LogP contribution in [0.25, 0.3) is 0 Å². The Morgan fingerprint density at radius 3 is 2.66 bits per heavy atom. The van der Waals surface area contributed by atoms with E-state index in [9.17, 15) is 4.79 Å². The maximum absolute atomic E-state index is 13.2. The lowest BCUT2D eigenvalue weighted by atomic mass is 9.68. The Balaban J connectivity index is 1.36. The second-order valence-electron chi connectivity index (χ2n) is 9.09. The molecule has 5 nitrogen and oxygen atoms in total. The molecule has 2 aliphatic heterocycles. The van der Waals surface area contributed by atoms with E-state index in [0.717, 1.165) is 51.3 Å². The molecule has 152 valence electrons. The van der Waals surface area contributed by atoms with Gasteiger partial charge in [0.25, 0.3) is 0 Å². The number of anilines is 1. The van der Waals surface area contributed by atoms with Gasteiger partial charge >= 0.3 is 0 Å². The molecule has 1 aliphatic carbocycles. The molecule has 0 N–H and O–H groups in total. The smallest absolute Gasteiger partial charge is 0.223 e. The topological polar surface area (TPSA) is 49.3 Å². The third kappa shape index (κ3) is 3.63. The van der Waals surface area contributed by atoms with Crippen LogP contribution in [0.3, 0.4) is 0 Å². The van der Waals surface area contributed by atoms with Crippen LogP contribution in [0.2, 0.25) is 0 Å². The molecule has 1 aromatic heterocycles. The average Bonchev–Trinajstić information content (AvgIpc) is 3.28. The van der Waals surface area contributed by atoms with E-state index in [1.54, 1.807) is 12.4 Å². The minimum Gasteiger partial charge on any atom is -0.355 e. The number of hydrogen-bond donors (Lipinski definition) is 0. The Hall–Kier alpha value is -2.43. The summed E-state index contributed by atoms with van der Waals surface area (Å²) in [6, 6.07) is 8.80. The first-order valence-electron chi connectivity index (χ1n) is 11.1. The van der Waals surface area contributed by atoms with Gasteiger partial charge in [0, 0.05) is 50.4 Å². The Labute approximate surface area is 173 Å². The van der Waals surface area contributed by atoms with Crippen molar-refractivity contribution in [2.24, 2.45) is 5.92 Å². The zero-order valence-electron chi connectivity index (χ0n) is 17.1. The summed E-state index contributed by atoms with van der Waals surface area (Å²) in [4.78, 5) is 26.4. The molecule has 1 saturated carbocycles. The normalized spacial score (nSPS) is 21.4. The highest BCUT2D eigenvalue weighted by Crippen LogP contribution is 2.42. The molecule has 2 aromatic rings. The molecule has 1 aromatic carbocycles. The zero-order chi connectivity index (χ0) is 19.7. The highest BCUT2D eigenvalue weighted by molar-refractivity contribution is 5.77. The van der Waals surface area contributed by atoms with Gasteiger partial charge in [0.1, 0.15) is 5.82 Å². The van der Waals surface area contributed by atoms with Gasteiger partial charge in [0.2, 0.25) is 5.91 Å². The first kappa shape index (κ1) is 18.6. The number of piperidine rings is 1. The molecule has 1 spiro atoms. The molecule has 29 heavy (non-hydrogen) atoms. The van der Waals surface area contributed by atoms with E-state index in [0.29, 0.717) is 11.8 Å². The summed E-state index contributed by atoms with van der Waals surface area (Å²) in [6.07, 6.45) is 13.2. The van der Waals surface area contributed by atoms with Crippen molar-refractivity contribution < 1.29 is 4.79 Å². The second kappa shape index (κ2) is 7.77. The maximum Gasteiger partial charge on any atom is 0.223 e. The van der Waals surface area contributed by atoms with E-state index in [1.807, 2.05) is 6.20 Å². The fourth-order valence-electron chi connectivity index (χ4n) is 5.70.